The first-order chi connectivity index (χ1) is 13.2. The lowest BCUT2D eigenvalue weighted by Crippen LogP contribution is -2.72. The molecule has 0 aliphatic carbocycles. The molecule has 8 heteroatoms. The van der Waals surface area contributed by atoms with E-state index in [1.807, 2.05) is 60.9 Å². The SMILES string of the molecule is C=C[Si]1(C)O[Si](C)(C=C)O[Si](C)(c2ccccc2)O[Si](C)(c2ccccc2)O1. The van der Waals surface area contributed by atoms with Crippen molar-refractivity contribution in [2.75, 3.05) is 0 Å². The highest BCUT2D eigenvalue weighted by Crippen LogP contribution is 2.31. The molecule has 0 aromatic heterocycles. The van der Waals surface area contributed by atoms with E-state index in [1.165, 1.54) is 0 Å². The van der Waals surface area contributed by atoms with Crippen molar-refractivity contribution in [2.45, 2.75) is 26.2 Å². The van der Waals surface area contributed by atoms with Gasteiger partial charge in [0.25, 0.3) is 0 Å². The summed E-state index contributed by atoms with van der Waals surface area (Å²) in [5.74, 6) is 0. The lowest BCUT2D eigenvalue weighted by atomic mass is 10.4. The minimum absolute atomic E-state index is 1.06. The van der Waals surface area contributed by atoms with Gasteiger partial charge in [0.1, 0.15) is 0 Å². The molecule has 0 amide bonds. The van der Waals surface area contributed by atoms with Gasteiger partial charge in [-0.25, -0.2) is 0 Å². The summed E-state index contributed by atoms with van der Waals surface area (Å²) in [4.78, 5) is 0. The van der Waals surface area contributed by atoms with E-state index in [0.717, 1.165) is 10.4 Å². The minimum atomic E-state index is -2.85. The molecule has 2 aromatic rings. The fraction of sp³-hybridized carbons (Fsp3) is 0.200. The van der Waals surface area contributed by atoms with Gasteiger partial charge in [0.05, 0.1) is 0 Å². The van der Waals surface area contributed by atoms with Crippen LogP contribution < -0.4 is 10.4 Å². The smallest absolute Gasteiger partial charge is 0.352 e. The van der Waals surface area contributed by atoms with Crippen molar-refractivity contribution in [1.82, 2.24) is 0 Å². The van der Waals surface area contributed by atoms with E-state index in [4.69, 9.17) is 16.5 Å². The molecule has 0 N–H and O–H groups in total. The molecule has 0 saturated carbocycles. The molecule has 1 aliphatic heterocycles. The molecule has 4 unspecified atom stereocenters. The molecule has 1 aliphatic rings. The van der Waals surface area contributed by atoms with E-state index in [0.29, 0.717) is 0 Å². The fourth-order valence-corrected chi connectivity index (χ4v) is 22.9. The molecular formula is C20H28O4Si4. The van der Waals surface area contributed by atoms with E-state index in [2.05, 4.69) is 50.5 Å². The zero-order chi connectivity index (χ0) is 20.5. The molecule has 0 radical (unpaired) electrons. The first-order valence-corrected chi connectivity index (χ1v) is 18.8. The standard InChI is InChI=1S/C20H28O4Si4/c1-7-25(3)21-26(4,8-2)23-28(6,20-17-13-10-14-18-20)24-27(5,22-25)19-15-11-9-12-16-19/h7-18H,1-2H2,3-6H3. The minimum Gasteiger partial charge on any atom is -0.410 e. The van der Waals surface area contributed by atoms with Crippen LogP contribution in [-0.2, 0) is 16.5 Å². The lowest BCUT2D eigenvalue weighted by Gasteiger charge is -2.48. The largest absolute Gasteiger partial charge is 0.410 e. The monoisotopic (exact) mass is 444 g/mol. The van der Waals surface area contributed by atoms with Crippen LogP contribution >= 0.6 is 0 Å². The number of benzene rings is 2. The number of hydrogen-bond donors (Lipinski definition) is 0. The van der Waals surface area contributed by atoms with Crippen LogP contribution in [-0.4, -0.2) is 34.2 Å². The Morgan fingerprint density at radius 3 is 1.25 bits per heavy atom. The first kappa shape index (κ1) is 21.3. The summed E-state index contributed by atoms with van der Waals surface area (Å²) in [7, 11) is -11.2. The quantitative estimate of drug-likeness (QED) is 0.675. The van der Waals surface area contributed by atoms with E-state index < -0.39 is 34.2 Å². The van der Waals surface area contributed by atoms with Gasteiger partial charge in [-0.3, -0.25) is 0 Å². The Bertz CT molecular complexity index is 782. The predicted molar refractivity (Wildman–Crippen MR) is 123 cm³/mol. The van der Waals surface area contributed by atoms with Crippen molar-refractivity contribution in [2.24, 2.45) is 0 Å². The molecule has 1 fully saturated rings. The molecule has 4 nitrogen and oxygen atoms in total. The van der Waals surface area contributed by atoms with Crippen molar-refractivity contribution in [3.05, 3.63) is 85.2 Å². The Morgan fingerprint density at radius 2 is 0.929 bits per heavy atom. The number of hydrogen-bond acceptors (Lipinski definition) is 4. The number of rotatable bonds is 4. The van der Waals surface area contributed by atoms with E-state index in [-0.39, 0.29) is 0 Å². The van der Waals surface area contributed by atoms with Crippen LogP contribution in [0.5, 0.6) is 0 Å². The summed E-state index contributed by atoms with van der Waals surface area (Å²) in [6.07, 6.45) is 0. The van der Waals surface area contributed by atoms with Crippen LogP contribution in [0.1, 0.15) is 0 Å². The topological polar surface area (TPSA) is 36.9 Å². The molecule has 0 spiro atoms. The highest BCUT2D eigenvalue weighted by atomic mass is 28.5. The van der Waals surface area contributed by atoms with Gasteiger partial charge in [0, 0.05) is 0 Å². The summed E-state index contributed by atoms with van der Waals surface area (Å²) < 4.78 is 27.1. The maximum atomic E-state index is 6.96. The van der Waals surface area contributed by atoms with Crippen LogP contribution in [0.4, 0.5) is 0 Å². The third kappa shape index (κ3) is 4.29. The van der Waals surface area contributed by atoms with Crippen LogP contribution in [0.25, 0.3) is 0 Å². The molecule has 1 heterocycles. The molecule has 148 valence electrons. The Balaban J connectivity index is 2.17. The summed E-state index contributed by atoms with van der Waals surface area (Å²) in [5, 5.41) is 2.11. The molecular weight excluding hydrogens is 417 g/mol. The molecule has 4 atom stereocenters. The van der Waals surface area contributed by atoms with Crippen molar-refractivity contribution < 1.29 is 16.5 Å². The summed E-state index contributed by atoms with van der Waals surface area (Å²) in [6, 6.07) is 20.3. The van der Waals surface area contributed by atoms with Crippen LogP contribution in [0.2, 0.25) is 26.2 Å². The van der Waals surface area contributed by atoms with Crippen molar-refractivity contribution in [1.29, 1.82) is 0 Å². The molecule has 3 rings (SSSR count). The summed E-state index contributed by atoms with van der Waals surface area (Å²) >= 11 is 0. The van der Waals surface area contributed by atoms with Gasteiger partial charge < -0.3 is 16.5 Å². The summed E-state index contributed by atoms with van der Waals surface area (Å²) in [5.41, 5.74) is 3.63. The van der Waals surface area contributed by atoms with Gasteiger partial charge in [0.2, 0.25) is 0 Å². The maximum Gasteiger partial charge on any atom is 0.352 e. The van der Waals surface area contributed by atoms with Gasteiger partial charge in [-0.15, -0.1) is 13.2 Å². The molecule has 2 aromatic carbocycles. The average Bonchev–Trinajstić information content (AvgIpc) is 2.68. The molecule has 28 heavy (non-hydrogen) atoms. The van der Waals surface area contributed by atoms with E-state index in [9.17, 15) is 0 Å². The van der Waals surface area contributed by atoms with E-state index >= 15 is 0 Å². The molecule has 1 saturated heterocycles. The Labute approximate surface area is 172 Å². The highest BCUT2D eigenvalue weighted by molar-refractivity contribution is 7.02. The predicted octanol–water partition coefficient (Wildman–Crippen LogP) is 3.62. The van der Waals surface area contributed by atoms with Crippen molar-refractivity contribution in [3.8, 4) is 0 Å². The van der Waals surface area contributed by atoms with E-state index in [1.54, 1.807) is 0 Å². The second-order valence-corrected chi connectivity index (χ2v) is 20.6. The zero-order valence-electron chi connectivity index (χ0n) is 17.0. The lowest BCUT2D eigenvalue weighted by molar-refractivity contribution is 0.252. The molecule has 0 bridgehead atoms. The highest BCUT2D eigenvalue weighted by Gasteiger charge is 2.57. The Morgan fingerprint density at radius 1 is 0.571 bits per heavy atom. The van der Waals surface area contributed by atoms with Gasteiger partial charge in [0.15, 0.2) is 0 Å². The normalized spacial score (nSPS) is 36.1. The van der Waals surface area contributed by atoms with Crippen LogP contribution in [0, 0.1) is 0 Å². The van der Waals surface area contributed by atoms with Crippen LogP contribution in [0.3, 0.4) is 0 Å². The Kier molecular flexibility index (Phi) is 5.95. The third-order valence-corrected chi connectivity index (χ3v) is 21.9. The average molecular weight is 445 g/mol. The van der Waals surface area contributed by atoms with Gasteiger partial charge >= 0.3 is 34.2 Å². The first-order valence-electron chi connectivity index (χ1n) is 9.35. The maximum absolute atomic E-state index is 6.96. The third-order valence-electron chi connectivity index (χ3n) is 4.93. The second kappa shape index (κ2) is 7.80. The van der Waals surface area contributed by atoms with Gasteiger partial charge in [-0.2, -0.15) is 0 Å². The Hall–Kier alpha value is -1.37. The van der Waals surface area contributed by atoms with Crippen molar-refractivity contribution in [3.63, 3.8) is 0 Å². The zero-order valence-corrected chi connectivity index (χ0v) is 21.0. The second-order valence-electron chi connectivity index (χ2n) is 7.47. The van der Waals surface area contributed by atoms with Gasteiger partial charge in [-0.05, 0) is 36.6 Å². The fourth-order valence-electron chi connectivity index (χ4n) is 3.51. The van der Waals surface area contributed by atoms with Gasteiger partial charge in [-0.1, -0.05) is 72.1 Å². The van der Waals surface area contributed by atoms with Crippen LogP contribution in [0.15, 0.2) is 85.2 Å². The van der Waals surface area contributed by atoms with Crippen molar-refractivity contribution >= 4 is 44.6 Å². The summed E-state index contributed by atoms with van der Waals surface area (Å²) in [6.45, 7) is 16.2.